The Morgan fingerprint density at radius 2 is 1.96 bits per heavy atom. The van der Waals surface area contributed by atoms with Crippen LogP contribution in [0, 0.1) is 6.92 Å². The molecule has 1 amide bonds. The lowest BCUT2D eigenvalue weighted by atomic mass is 10.3. The number of rotatable bonds is 6. The van der Waals surface area contributed by atoms with Gasteiger partial charge in [0.15, 0.2) is 5.76 Å². The second-order valence-electron chi connectivity index (χ2n) is 6.07. The van der Waals surface area contributed by atoms with E-state index in [0.717, 1.165) is 12.8 Å². The van der Waals surface area contributed by atoms with Crippen molar-refractivity contribution in [1.29, 1.82) is 0 Å². The van der Waals surface area contributed by atoms with Gasteiger partial charge in [-0.3, -0.25) is 4.79 Å². The van der Waals surface area contributed by atoms with E-state index in [2.05, 4.69) is 5.32 Å². The number of carbonyl (C=O) groups excluding carboxylic acids is 1. The van der Waals surface area contributed by atoms with E-state index in [1.165, 1.54) is 10.4 Å². The van der Waals surface area contributed by atoms with Gasteiger partial charge in [0, 0.05) is 18.8 Å². The van der Waals surface area contributed by atoms with E-state index in [0.29, 0.717) is 31.1 Å². The molecular weight excluding hydrogens is 356 g/mol. The molecule has 0 radical (unpaired) electrons. The van der Waals surface area contributed by atoms with Crippen LogP contribution in [0.5, 0.6) is 5.75 Å². The molecule has 0 unspecified atom stereocenters. The Labute approximate surface area is 153 Å². The Morgan fingerprint density at radius 3 is 2.58 bits per heavy atom. The average molecular weight is 378 g/mol. The monoisotopic (exact) mass is 378 g/mol. The topological polar surface area (TPSA) is 88.8 Å². The second-order valence-corrected chi connectivity index (χ2v) is 7.98. The summed E-state index contributed by atoms with van der Waals surface area (Å²) in [5, 5.41) is 2.67. The van der Waals surface area contributed by atoms with Crippen molar-refractivity contribution in [2.75, 3.05) is 25.0 Å². The summed E-state index contributed by atoms with van der Waals surface area (Å²) in [4.78, 5) is 12.3. The SMILES string of the molecule is CCOc1ccc(NC(=O)c2ccc(C)o2)cc1S(=O)(=O)N1CCCC1. The highest BCUT2D eigenvalue weighted by molar-refractivity contribution is 7.89. The number of carbonyl (C=O) groups is 1. The Kier molecular flexibility index (Phi) is 5.33. The maximum atomic E-state index is 13.0. The van der Waals surface area contributed by atoms with E-state index in [-0.39, 0.29) is 16.4 Å². The number of ether oxygens (including phenoxy) is 1. The highest BCUT2D eigenvalue weighted by atomic mass is 32.2. The quantitative estimate of drug-likeness (QED) is 0.835. The van der Waals surface area contributed by atoms with E-state index < -0.39 is 15.9 Å². The predicted molar refractivity (Wildman–Crippen MR) is 97.0 cm³/mol. The summed E-state index contributed by atoms with van der Waals surface area (Å²) in [6.45, 7) is 4.88. The van der Waals surface area contributed by atoms with Crippen molar-refractivity contribution >= 4 is 21.6 Å². The van der Waals surface area contributed by atoms with Crippen LogP contribution >= 0.6 is 0 Å². The van der Waals surface area contributed by atoms with Crippen molar-refractivity contribution in [3.63, 3.8) is 0 Å². The maximum Gasteiger partial charge on any atom is 0.291 e. The Bertz CT molecular complexity index is 898. The number of hydrogen-bond donors (Lipinski definition) is 1. The average Bonchev–Trinajstić information content (AvgIpc) is 3.28. The molecule has 0 atom stereocenters. The van der Waals surface area contributed by atoms with Gasteiger partial charge in [-0.05, 0) is 57.0 Å². The molecule has 1 aliphatic rings. The molecule has 1 aliphatic heterocycles. The van der Waals surface area contributed by atoms with Crippen LogP contribution in [0.15, 0.2) is 39.6 Å². The van der Waals surface area contributed by atoms with E-state index in [4.69, 9.17) is 9.15 Å². The van der Waals surface area contributed by atoms with Gasteiger partial charge < -0.3 is 14.5 Å². The summed E-state index contributed by atoms with van der Waals surface area (Å²) in [6.07, 6.45) is 1.69. The third-order valence-corrected chi connectivity index (χ3v) is 6.07. The molecule has 2 aromatic rings. The van der Waals surface area contributed by atoms with Crippen LogP contribution in [0.1, 0.15) is 36.1 Å². The first kappa shape index (κ1) is 18.5. The molecule has 0 aliphatic carbocycles. The van der Waals surface area contributed by atoms with Gasteiger partial charge in [0.05, 0.1) is 6.61 Å². The van der Waals surface area contributed by atoms with Gasteiger partial charge in [0.2, 0.25) is 10.0 Å². The number of hydrogen-bond acceptors (Lipinski definition) is 5. The molecule has 0 bridgehead atoms. The molecule has 1 aromatic heterocycles. The van der Waals surface area contributed by atoms with Crippen LogP contribution in [0.3, 0.4) is 0 Å². The van der Waals surface area contributed by atoms with Crippen LogP contribution in [0.2, 0.25) is 0 Å². The molecule has 3 rings (SSSR count). The second kappa shape index (κ2) is 7.51. The third kappa shape index (κ3) is 3.76. The lowest BCUT2D eigenvalue weighted by Gasteiger charge is -2.19. The van der Waals surface area contributed by atoms with Crippen molar-refractivity contribution in [2.45, 2.75) is 31.6 Å². The normalized spacial score (nSPS) is 15.2. The van der Waals surface area contributed by atoms with Crippen molar-refractivity contribution < 1.29 is 22.4 Å². The Morgan fingerprint density at radius 1 is 1.23 bits per heavy atom. The molecule has 0 spiro atoms. The number of aryl methyl sites for hydroxylation is 1. The number of nitrogens with one attached hydrogen (secondary N) is 1. The van der Waals surface area contributed by atoms with Gasteiger partial charge >= 0.3 is 0 Å². The molecule has 2 heterocycles. The number of nitrogens with zero attached hydrogens (tertiary/aromatic N) is 1. The zero-order valence-electron chi connectivity index (χ0n) is 14.8. The highest BCUT2D eigenvalue weighted by Crippen LogP contribution is 2.31. The van der Waals surface area contributed by atoms with Crippen molar-refractivity contribution in [2.24, 2.45) is 0 Å². The Hall–Kier alpha value is -2.32. The first-order chi connectivity index (χ1) is 12.4. The summed E-state index contributed by atoms with van der Waals surface area (Å²) in [5.74, 6) is 0.637. The smallest absolute Gasteiger partial charge is 0.291 e. The molecule has 140 valence electrons. The summed E-state index contributed by atoms with van der Waals surface area (Å²) >= 11 is 0. The van der Waals surface area contributed by atoms with Crippen LogP contribution in [-0.2, 0) is 10.0 Å². The van der Waals surface area contributed by atoms with E-state index in [1.807, 2.05) is 0 Å². The van der Waals surface area contributed by atoms with Crippen LogP contribution in [0.25, 0.3) is 0 Å². The predicted octanol–water partition coefficient (Wildman–Crippen LogP) is 3.02. The summed E-state index contributed by atoms with van der Waals surface area (Å²) in [6, 6.07) is 7.88. The standard InChI is InChI=1S/C18H22N2O5S/c1-3-24-15-9-7-14(19-18(21)16-8-6-13(2)25-16)12-17(15)26(22,23)20-10-4-5-11-20/h6-9,12H,3-5,10-11H2,1-2H3,(H,19,21). The van der Waals surface area contributed by atoms with Gasteiger partial charge in [-0.15, -0.1) is 0 Å². The molecule has 1 saturated heterocycles. The number of furan rings is 1. The summed E-state index contributed by atoms with van der Waals surface area (Å²) in [7, 11) is -3.68. The fraction of sp³-hybridized carbons (Fsp3) is 0.389. The minimum atomic E-state index is -3.68. The number of anilines is 1. The molecule has 0 saturated carbocycles. The number of benzene rings is 1. The van der Waals surface area contributed by atoms with Gasteiger partial charge in [0.25, 0.3) is 5.91 Å². The molecule has 26 heavy (non-hydrogen) atoms. The van der Waals surface area contributed by atoms with Crippen LogP contribution in [-0.4, -0.2) is 38.3 Å². The van der Waals surface area contributed by atoms with Crippen molar-refractivity contribution in [1.82, 2.24) is 4.31 Å². The van der Waals surface area contributed by atoms with Crippen molar-refractivity contribution in [3.8, 4) is 5.75 Å². The summed E-state index contributed by atoms with van der Waals surface area (Å²) < 4.78 is 38.2. The zero-order valence-corrected chi connectivity index (χ0v) is 15.6. The Balaban J connectivity index is 1.92. The van der Waals surface area contributed by atoms with Gasteiger partial charge in [-0.25, -0.2) is 8.42 Å². The lowest BCUT2D eigenvalue weighted by Crippen LogP contribution is -2.28. The third-order valence-electron chi connectivity index (χ3n) is 4.15. The summed E-state index contributed by atoms with van der Waals surface area (Å²) in [5.41, 5.74) is 0.366. The molecule has 1 aromatic carbocycles. The molecule has 7 nitrogen and oxygen atoms in total. The van der Waals surface area contributed by atoms with Gasteiger partial charge in [0.1, 0.15) is 16.4 Å². The first-order valence-electron chi connectivity index (χ1n) is 8.56. The van der Waals surface area contributed by atoms with Crippen LogP contribution < -0.4 is 10.1 Å². The fourth-order valence-electron chi connectivity index (χ4n) is 2.88. The van der Waals surface area contributed by atoms with Gasteiger partial charge in [-0.1, -0.05) is 0 Å². The highest BCUT2D eigenvalue weighted by Gasteiger charge is 2.30. The molecule has 1 fully saturated rings. The van der Waals surface area contributed by atoms with Crippen LogP contribution in [0.4, 0.5) is 5.69 Å². The first-order valence-corrected chi connectivity index (χ1v) is 10.0. The molecule has 1 N–H and O–H groups in total. The van der Waals surface area contributed by atoms with Crippen molar-refractivity contribution in [3.05, 3.63) is 41.9 Å². The minimum Gasteiger partial charge on any atom is -0.492 e. The largest absolute Gasteiger partial charge is 0.492 e. The fourth-order valence-corrected chi connectivity index (χ4v) is 4.55. The number of amides is 1. The minimum absolute atomic E-state index is 0.0645. The van der Waals surface area contributed by atoms with Gasteiger partial charge in [-0.2, -0.15) is 4.31 Å². The van der Waals surface area contributed by atoms with E-state index >= 15 is 0 Å². The lowest BCUT2D eigenvalue weighted by molar-refractivity contribution is 0.0995. The van der Waals surface area contributed by atoms with E-state index in [9.17, 15) is 13.2 Å². The van der Waals surface area contributed by atoms with E-state index in [1.54, 1.807) is 38.1 Å². The molecule has 8 heteroatoms. The molecular formula is C18H22N2O5S. The number of sulfonamides is 1. The zero-order chi connectivity index (χ0) is 18.7. The maximum absolute atomic E-state index is 13.0.